The van der Waals surface area contributed by atoms with Crippen LogP contribution < -0.4 is 0 Å². The zero-order valence-corrected chi connectivity index (χ0v) is 13.6. The van der Waals surface area contributed by atoms with Crippen molar-refractivity contribution in [1.29, 1.82) is 0 Å². The molecule has 3 aromatic rings. The van der Waals surface area contributed by atoms with Crippen molar-refractivity contribution in [3.8, 4) is 11.3 Å². The van der Waals surface area contributed by atoms with Crippen molar-refractivity contribution in [2.24, 2.45) is 0 Å². The number of H-pyrrole nitrogens is 1. The van der Waals surface area contributed by atoms with Gasteiger partial charge in [-0.2, -0.15) is 5.10 Å². The van der Waals surface area contributed by atoms with E-state index in [-0.39, 0.29) is 17.8 Å². The lowest BCUT2D eigenvalue weighted by Crippen LogP contribution is -2.40. The molecular formula is C18H18FN5O. The number of carbonyl (C=O) groups is 1. The fourth-order valence-electron chi connectivity index (χ4n) is 3.24. The van der Waals surface area contributed by atoms with Gasteiger partial charge in [0.2, 0.25) is 0 Å². The van der Waals surface area contributed by atoms with Gasteiger partial charge >= 0.3 is 0 Å². The third kappa shape index (κ3) is 3.17. The first-order valence-electron chi connectivity index (χ1n) is 8.29. The highest BCUT2D eigenvalue weighted by Crippen LogP contribution is 2.24. The summed E-state index contributed by atoms with van der Waals surface area (Å²) in [6, 6.07) is 8.03. The summed E-state index contributed by atoms with van der Waals surface area (Å²) < 4.78 is 15.1. The van der Waals surface area contributed by atoms with Crippen LogP contribution in [0.2, 0.25) is 0 Å². The van der Waals surface area contributed by atoms with Gasteiger partial charge in [-0.15, -0.1) is 0 Å². The number of amides is 1. The Kier molecular flexibility index (Phi) is 4.05. The van der Waals surface area contributed by atoms with Crippen LogP contribution in [0.15, 0.2) is 49.1 Å². The molecule has 0 unspecified atom stereocenters. The average molecular weight is 339 g/mol. The number of hydrogen-bond acceptors (Lipinski definition) is 3. The van der Waals surface area contributed by atoms with E-state index in [1.807, 2.05) is 11.1 Å². The van der Waals surface area contributed by atoms with E-state index in [0.29, 0.717) is 17.9 Å². The van der Waals surface area contributed by atoms with E-state index < -0.39 is 0 Å². The molecule has 1 aliphatic rings. The van der Waals surface area contributed by atoms with Crippen LogP contribution in [-0.4, -0.2) is 43.6 Å². The van der Waals surface area contributed by atoms with Gasteiger partial charge in [-0.1, -0.05) is 0 Å². The molecule has 1 amide bonds. The fourth-order valence-corrected chi connectivity index (χ4v) is 3.24. The Hall–Kier alpha value is -2.96. The van der Waals surface area contributed by atoms with E-state index in [9.17, 15) is 9.18 Å². The van der Waals surface area contributed by atoms with Crippen molar-refractivity contribution in [2.45, 2.75) is 18.9 Å². The lowest BCUT2D eigenvalue weighted by Gasteiger charge is -2.33. The summed E-state index contributed by atoms with van der Waals surface area (Å²) in [6.07, 6.45) is 7.46. The maximum absolute atomic E-state index is 13.0. The summed E-state index contributed by atoms with van der Waals surface area (Å²) in [5, 5.41) is 7.00. The summed E-state index contributed by atoms with van der Waals surface area (Å²) in [5.74, 6) is -0.361. The lowest BCUT2D eigenvalue weighted by molar-refractivity contribution is 0.0673. The minimum Gasteiger partial charge on any atom is -0.335 e. The highest BCUT2D eigenvalue weighted by molar-refractivity contribution is 5.93. The Morgan fingerprint density at radius 1 is 1.28 bits per heavy atom. The minimum absolute atomic E-state index is 0.0642. The molecule has 25 heavy (non-hydrogen) atoms. The Balaban J connectivity index is 1.50. The molecule has 1 N–H and O–H groups in total. The molecule has 0 spiro atoms. The molecule has 1 saturated heterocycles. The number of halogens is 1. The number of benzene rings is 1. The molecule has 7 heteroatoms. The zero-order valence-electron chi connectivity index (χ0n) is 13.6. The van der Waals surface area contributed by atoms with Gasteiger partial charge in [0.05, 0.1) is 18.1 Å². The summed E-state index contributed by atoms with van der Waals surface area (Å²) in [4.78, 5) is 18.7. The van der Waals surface area contributed by atoms with E-state index in [0.717, 1.165) is 24.9 Å². The summed E-state index contributed by atoms with van der Waals surface area (Å²) in [7, 11) is 0. The Labute approximate surface area is 144 Å². The Bertz CT molecular complexity index is 856. The van der Waals surface area contributed by atoms with Gasteiger partial charge in [0.1, 0.15) is 11.5 Å². The smallest absolute Gasteiger partial charge is 0.271 e. The highest BCUT2D eigenvalue weighted by Gasteiger charge is 2.26. The Morgan fingerprint density at radius 2 is 2.12 bits per heavy atom. The van der Waals surface area contributed by atoms with E-state index in [4.69, 9.17) is 0 Å². The van der Waals surface area contributed by atoms with Crippen LogP contribution in [0.1, 0.15) is 29.4 Å². The van der Waals surface area contributed by atoms with Crippen molar-refractivity contribution in [1.82, 2.24) is 24.6 Å². The normalized spacial score (nSPS) is 17.6. The number of piperidine rings is 1. The monoisotopic (exact) mass is 339 g/mol. The molecule has 128 valence electrons. The number of hydrogen-bond donors (Lipinski definition) is 1. The van der Waals surface area contributed by atoms with Gasteiger partial charge in [-0.3, -0.25) is 9.89 Å². The average Bonchev–Trinajstić information content (AvgIpc) is 3.34. The van der Waals surface area contributed by atoms with Crippen LogP contribution in [-0.2, 0) is 0 Å². The second-order valence-electron chi connectivity index (χ2n) is 6.23. The van der Waals surface area contributed by atoms with E-state index >= 15 is 0 Å². The number of carbonyl (C=O) groups excluding carboxylic acids is 1. The number of rotatable bonds is 3. The minimum atomic E-state index is -0.297. The first-order chi connectivity index (χ1) is 12.2. The molecule has 1 atom stereocenters. The van der Waals surface area contributed by atoms with Crippen LogP contribution in [0, 0.1) is 5.82 Å². The summed E-state index contributed by atoms with van der Waals surface area (Å²) >= 11 is 0. The summed E-state index contributed by atoms with van der Waals surface area (Å²) in [6.45, 7) is 1.38. The molecule has 3 heterocycles. The van der Waals surface area contributed by atoms with Gasteiger partial charge in [-0.05, 0) is 43.2 Å². The van der Waals surface area contributed by atoms with E-state index in [1.54, 1.807) is 30.7 Å². The van der Waals surface area contributed by atoms with Gasteiger partial charge in [-0.25, -0.2) is 9.37 Å². The predicted molar refractivity (Wildman–Crippen MR) is 90.4 cm³/mol. The van der Waals surface area contributed by atoms with Crippen molar-refractivity contribution in [3.05, 3.63) is 60.6 Å². The third-order valence-electron chi connectivity index (χ3n) is 4.58. The first kappa shape index (κ1) is 15.6. The predicted octanol–water partition coefficient (Wildman–Crippen LogP) is 2.89. The SMILES string of the molecule is O=C(c1cc(-c2ccc(F)cc2)n[nH]1)N1CCC[C@@H](n2ccnc2)C1. The Morgan fingerprint density at radius 3 is 2.88 bits per heavy atom. The standard InChI is InChI=1S/C18H18FN5O/c19-14-5-3-13(4-6-14)16-10-17(22-21-16)18(25)23-8-1-2-15(11-23)24-9-7-20-12-24/h3-7,9-10,12,15H,1-2,8,11H2,(H,21,22)/t15-/m1/s1. The van der Waals surface area contributed by atoms with E-state index in [1.165, 1.54) is 12.1 Å². The van der Waals surface area contributed by atoms with E-state index in [2.05, 4.69) is 19.7 Å². The third-order valence-corrected chi connectivity index (χ3v) is 4.58. The lowest BCUT2D eigenvalue weighted by atomic mass is 10.0. The largest absolute Gasteiger partial charge is 0.335 e. The van der Waals surface area contributed by atoms with Gasteiger partial charge in [0, 0.05) is 31.0 Å². The first-order valence-corrected chi connectivity index (χ1v) is 8.29. The maximum Gasteiger partial charge on any atom is 0.271 e. The molecule has 1 aromatic carbocycles. The van der Waals surface area contributed by atoms with Gasteiger partial charge in [0.25, 0.3) is 5.91 Å². The van der Waals surface area contributed by atoms with Crippen LogP contribution in [0.5, 0.6) is 0 Å². The van der Waals surface area contributed by atoms with Crippen LogP contribution in [0.4, 0.5) is 4.39 Å². The molecule has 0 bridgehead atoms. The van der Waals surface area contributed by atoms with Crippen LogP contribution in [0.3, 0.4) is 0 Å². The topological polar surface area (TPSA) is 66.8 Å². The molecule has 2 aromatic heterocycles. The number of nitrogens with zero attached hydrogens (tertiary/aromatic N) is 4. The number of aromatic nitrogens is 4. The van der Waals surface area contributed by atoms with Crippen molar-refractivity contribution < 1.29 is 9.18 Å². The highest BCUT2D eigenvalue weighted by atomic mass is 19.1. The number of likely N-dealkylation sites (tertiary alicyclic amines) is 1. The molecule has 0 saturated carbocycles. The van der Waals surface area contributed by atoms with Crippen molar-refractivity contribution in [3.63, 3.8) is 0 Å². The number of imidazole rings is 1. The second kappa shape index (κ2) is 6.51. The molecule has 1 fully saturated rings. The molecule has 4 rings (SSSR count). The van der Waals surface area contributed by atoms with Crippen LogP contribution in [0.25, 0.3) is 11.3 Å². The van der Waals surface area contributed by atoms with Crippen LogP contribution >= 0.6 is 0 Å². The number of nitrogens with one attached hydrogen (secondary N) is 1. The molecule has 0 radical (unpaired) electrons. The molecular weight excluding hydrogens is 321 g/mol. The summed E-state index contributed by atoms with van der Waals surface area (Å²) in [5.41, 5.74) is 1.85. The van der Waals surface area contributed by atoms with Crippen molar-refractivity contribution in [2.75, 3.05) is 13.1 Å². The molecule has 1 aliphatic heterocycles. The zero-order chi connectivity index (χ0) is 17.2. The second-order valence-corrected chi connectivity index (χ2v) is 6.23. The molecule has 0 aliphatic carbocycles. The van der Waals surface area contributed by atoms with Crippen molar-refractivity contribution >= 4 is 5.91 Å². The number of aromatic amines is 1. The maximum atomic E-state index is 13.0. The van der Waals surface area contributed by atoms with Gasteiger partial charge < -0.3 is 9.47 Å². The van der Waals surface area contributed by atoms with Gasteiger partial charge in [0.15, 0.2) is 0 Å². The fraction of sp³-hybridized carbons (Fsp3) is 0.278. The quantitative estimate of drug-likeness (QED) is 0.798. The molecule has 6 nitrogen and oxygen atoms in total.